The highest BCUT2D eigenvalue weighted by atomic mass is 32.1. The first-order valence-corrected chi connectivity index (χ1v) is 11.7. The van der Waals surface area contributed by atoms with Crippen LogP contribution in [0.25, 0.3) is 10.2 Å². The van der Waals surface area contributed by atoms with Crippen LogP contribution in [-0.2, 0) is 6.54 Å². The van der Waals surface area contributed by atoms with Gasteiger partial charge in [0.15, 0.2) is 10.9 Å². The Morgan fingerprint density at radius 2 is 1.59 bits per heavy atom. The number of hydrogen-bond donors (Lipinski definition) is 0. The van der Waals surface area contributed by atoms with Crippen LogP contribution in [0.15, 0.2) is 89.5 Å². The number of thiazole rings is 1. The lowest BCUT2D eigenvalue weighted by Crippen LogP contribution is -2.30. The number of nitrogens with zero attached hydrogens (tertiary/aromatic N) is 2. The first-order valence-electron chi connectivity index (χ1n) is 10.9. The van der Waals surface area contributed by atoms with Gasteiger partial charge < -0.3 is 4.42 Å². The van der Waals surface area contributed by atoms with E-state index in [1.165, 1.54) is 11.3 Å². The lowest BCUT2D eigenvalue weighted by atomic mass is 10.0. The summed E-state index contributed by atoms with van der Waals surface area (Å²) in [4.78, 5) is 32.8. The lowest BCUT2D eigenvalue weighted by molar-refractivity contribution is 0.0981. The van der Waals surface area contributed by atoms with E-state index in [9.17, 15) is 9.59 Å². The van der Waals surface area contributed by atoms with Crippen molar-refractivity contribution in [2.75, 3.05) is 4.90 Å². The van der Waals surface area contributed by atoms with Crippen molar-refractivity contribution in [2.24, 2.45) is 0 Å². The van der Waals surface area contributed by atoms with Gasteiger partial charge in [0.25, 0.3) is 5.91 Å². The van der Waals surface area contributed by atoms with Crippen molar-refractivity contribution in [2.45, 2.75) is 20.4 Å². The number of amides is 1. The van der Waals surface area contributed by atoms with Gasteiger partial charge in [-0.25, -0.2) is 4.98 Å². The van der Waals surface area contributed by atoms with Crippen molar-refractivity contribution in [1.82, 2.24) is 4.98 Å². The molecule has 168 valence electrons. The molecule has 6 heteroatoms. The van der Waals surface area contributed by atoms with E-state index in [0.717, 1.165) is 21.3 Å². The molecule has 0 saturated heterocycles. The number of benzene rings is 3. The van der Waals surface area contributed by atoms with E-state index in [-0.39, 0.29) is 18.2 Å². The van der Waals surface area contributed by atoms with Gasteiger partial charge in [0.05, 0.1) is 23.0 Å². The highest BCUT2D eigenvalue weighted by Gasteiger charge is 2.23. The molecule has 0 aliphatic heterocycles. The van der Waals surface area contributed by atoms with Crippen LogP contribution in [0.2, 0.25) is 0 Å². The first kappa shape index (κ1) is 21.8. The SMILES string of the molecule is Cc1cc(C)c2sc(N(Cc3ccco3)C(=O)c3ccc(C(=O)c4ccccc4)cc3)nc2c1. The topological polar surface area (TPSA) is 63.4 Å². The summed E-state index contributed by atoms with van der Waals surface area (Å²) in [5.74, 6) is 0.379. The molecule has 0 aliphatic carbocycles. The predicted molar refractivity (Wildman–Crippen MR) is 135 cm³/mol. The Morgan fingerprint density at radius 1 is 0.882 bits per heavy atom. The van der Waals surface area contributed by atoms with Gasteiger partial charge in [0, 0.05) is 16.7 Å². The fraction of sp³-hybridized carbons (Fsp3) is 0.107. The lowest BCUT2D eigenvalue weighted by Gasteiger charge is -2.19. The predicted octanol–water partition coefficient (Wildman–Crippen LogP) is 6.58. The molecule has 3 aromatic carbocycles. The average Bonchev–Trinajstić information content (AvgIpc) is 3.52. The Kier molecular flexibility index (Phi) is 5.82. The quantitative estimate of drug-likeness (QED) is 0.265. The average molecular weight is 467 g/mol. The summed E-state index contributed by atoms with van der Waals surface area (Å²) in [6, 6.07) is 23.7. The molecule has 34 heavy (non-hydrogen) atoms. The molecule has 5 nitrogen and oxygen atoms in total. The summed E-state index contributed by atoms with van der Waals surface area (Å²) in [5.41, 5.74) is 4.76. The van der Waals surface area contributed by atoms with Crippen LogP contribution in [0.5, 0.6) is 0 Å². The standard InChI is InChI=1S/C28H22N2O3S/c1-18-15-19(2)26-24(16-18)29-28(34-26)30(17-23-9-6-14-33-23)27(32)22-12-10-21(11-13-22)25(31)20-7-4-3-5-8-20/h3-16H,17H2,1-2H3. The smallest absolute Gasteiger partial charge is 0.260 e. The molecule has 0 N–H and O–H groups in total. The Bertz CT molecular complexity index is 1470. The highest BCUT2D eigenvalue weighted by molar-refractivity contribution is 7.22. The molecule has 5 rings (SSSR count). The van der Waals surface area contributed by atoms with Crippen LogP contribution < -0.4 is 4.90 Å². The Balaban J connectivity index is 1.49. The van der Waals surface area contributed by atoms with E-state index in [4.69, 9.17) is 9.40 Å². The molecular formula is C28H22N2O3S. The van der Waals surface area contributed by atoms with E-state index in [2.05, 4.69) is 13.0 Å². The van der Waals surface area contributed by atoms with Crippen molar-refractivity contribution in [1.29, 1.82) is 0 Å². The molecule has 0 fully saturated rings. The number of rotatable bonds is 6. The van der Waals surface area contributed by atoms with Crippen molar-refractivity contribution < 1.29 is 14.0 Å². The van der Waals surface area contributed by atoms with Gasteiger partial charge in [-0.1, -0.05) is 59.9 Å². The van der Waals surface area contributed by atoms with Crippen LogP contribution in [0, 0.1) is 13.8 Å². The number of aryl methyl sites for hydroxylation is 2. The maximum absolute atomic E-state index is 13.6. The largest absolute Gasteiger partial charge is 0.467 e. The number of carbonyl (C=O) groups excluding carboxylic acids is 2. The third-order valence-electron chi connectivity index (χ3n) is 5.61. The maximum atomic E-state index is 13.6. The second-order valence-corrected chi connectivity index (χ2v) is 9.15. The highest BCUT2D eigenvalue weighted by Crippen LogP contribution is 2.33. The van der Waals surface area contributed by atoms with Crippen LogP contribution >= 0.6 is 11.3 Å². The number of aromatic nitrogens is 1. The summed E-state index contributed by atoms with van der Waals surface area (Å²) in [6.07, 6.45) is 1.59. The third-order valence-corrected chi connectivity index (χ3v) is 6.84. The van der Waals surface area contributed by atoms with Crippen LogP contribution in [0.4, 0.5) is 5.13 Å². The second kappa shape index (κ2) is 9.08. The minimum Gasteiger partial charge on any atom is -0.467 e. The van der Waals surface area contributed by atoms with Crippen LogP contribution in [0.1, 0.15) is 43.2 Å². The van der Waals surface area contributed by atoms with Gasteiger partial charge in [0.1, 0.15) is 5.76 Å². The molecule has 2 aromatic heterocycles. The second-order valence-electron chi connectivity index (χ2n) is 8.17. The van der Waals surface area contributed by atoms with Crippen molar-refractivity contribution >= 4 is 38.4 Å². The molecule has 0 radical (unpaired) electrons. The fourth-order valence-electron chi connectivity index (χ4n) is 3.94. The number of anilines is 1. The molecule has 0 bridgehead atoms. The molecule has 2 heterocycles. The van der Waals surface area contributed by atoms with Crippen molar-refractivity contribution in [3.8, 4) is 0 Å². The molecule has 0 saturated carbocycles. The van der Waals surface area contributed by atoms with Crippen molar-refractivity contribution in [3.05, 3.63) is 119 Å². The molecule has 1 amide bonds. The van der Waals surface area contributed by atoms with Gasteiger partial charge in [-0.15, -0.1) is 0 Å². The van der Waals surface area contributed by atoms with Gasteiger partial charge in [0.2, 0.25) is 0 Å². The van der Waals surface area contributed by atoms with Gasteiger partial charge >= 0.3 is 0 Å². The van der Waals surface area contributed by atoms with Gasteiger partial charge in [-0.05, 0) is 55.3 Å². The van der Waals surface area contributed by atoms with Crippen molar-refractivity contribution in [3.63, 3.8) is 0 Å². The van der Waals surface area contributed by atoms with Gasteiger partial charge in [-0.3, -0.25) is 14.5 Å². The normalized spacial score (nSPS) is 11.0. The number of ketones is 1. The minimum atomic E-state index is -0.205. The van der Waals surface area contributed by atoms with E-state index >= 15 is 0 Å². The summed E-state index contributed by atoms with van der Waals surface area (Å²) >= 11 is 1.49. The molecule has 0 unspecified atom stereocenters. The van der Waals surface area contributed by atoms with Crippen LogP contribution in [-0.4, -0.2) is 16.7 Å². The molecule has 0 atom stereocenters. The van der Waals surface area contributed by atoms with Crippen LogP contribution in [0.3, 0.4) is 0 Å². The third kappa shape index (κ3) is 4.28. The molecular weight excluding hydrogens is 444 g/mol. The van der Waals surface area contributed by atoms with E-state index in [0.29, 0.717) is 27.6 Å². The minimum absolute atomic E-state index is 0.0796. The fourth-order valence-corrected chi connectivity index (χ4v) is 4.95. The van der Waals surface area contributed by atoms with E-state index in [1.54, 1.807) is 53.6 Å². The zero-order valence-corrected chi connectivity index (χ0v) is 19.6. The summed E-state index contributed by atoms with van der Waals surface area (Å²) < 4.78 is 6.58. The Labute approximate surface area is 201 Å². The van der Waals surface area contributed by atoms with Gasteiger partial charge in [-0.2, -0.15) is 0 Å². The molecule has 0 aliphatic rings. The maximum Gasteiger partial charge on any atom is 0.260 e. The van der Waals surface area contributed by atoms with E-state index in [1.807, 2.05) is 37.3 Å². The number of furan rings is 1. The summed E-state index contributed by atoms with van der Waals surface area (Å²) in [7, 11) is 0. The molecule has 0 spiro atoms. The summed E-state index contributed by atoms with van der Waals surface area (Å²) in [6.45, 7) is 4.35. The first-order chi connectivity index (χ1) is 16.5. The number of carbonyl (C=O) groups is 2. The Hall–Kier alpha value is -4.03. The summed E-state index contributed by atoms with van der Waals surface area (Å²) in [5, 5.41) is 0.606. The Morgan fingerprint density at radius 3 is 2.29 bits per heavy atom. The number of fused-ring (bicyclic) bond motifs is 1. The van der Waals surface area contributed by atoms with E-state index < -0.39 is 0 Å². The monoisotopic (exact) mass is 466 g/mol. The zero-order valence-electron chi connectivity index (χ0n) is 18.8. The zero-order chi connectivity index (χ0) is 23.7. The molecule has 5 aromatic rings. The number of hydrogen-bond acceptors (Lipinski definition) is 5.